The van der Waals surface area contributed by atoms with Gasteiger partial charge in [0, 0.05) is 38.8 Å². The number of aliphatic hydroxyl groups is 1. The quantitative estimate of drug-likeness (QED) is 0.507. The summed E-state index contributed by atoms with van der Waals surface area (Å²) in [5.41, 5.74) is 0.936. The van der Waals surface area contributed by atoms with Crippen LogP contribution in [0.25, 0.3) is 0 Å². The number of aliphatic hydroxyl groups excluding tert-OH is 1. The van der Waals surface area contributed by atoms with Gasteiger partial charge in [0.15, 0.2) is 0 Å². The van der Waals surface area contributed by atoms with Crippen molar-refractivity contribution in [3.05, 3.63) is 29.6 Å². The zero-order valence-electron chi connectivity index (χ0n) is 11.3. The van der Waals surface area contributed by atoms with Gasteiger partial charge < -0.3 is 15.7 Å². The maximum atomic E-state index is 12.0. The summed E-state index contributed by atoms with van der Waals surface area (Å²) in [6, 6.07) is 1.58. The summed E-state index contributed by atoms with van der Waals surface area (Å²) in [6.45, 7) is 2.10. The SMILES string of the molecule is CC(=O)NCCNC(=O)c1ccncc1C#CCCO. The Morgan fingerprint density at radius 2 is 2.10 bits per heavy atom. The Morgan fingerprint density at radius 3 is 2.80 bits per heavy atom. The van der Waals surface area contributed by atoms with Crippen molar-refractivity contribution in [1.29, 1.82) is 0 Å². The van der Waals surface area contributed by atoms with E-state index in [1.165, 1.54) is 19.3 Å². The predicted molar refractivity (Wildman–Crippen MR) is 73.8 cm³/mol. The zero-order valence-corrected chi connectivity index (χ0v) is 11.3. The number of aromatic nitrogens is 1. The summed E-state index contributed by atoms with van der Waals surface area (Å²) in [5.74, 6) is 5.14. The molecule has 0 atom stereocenters. The molecule has 0 aliphatic heterocycles. The molecule has 0 saturated heterocycles. The second kappa shape index (κ2) is 8.67. The Hall–Kier alpha value is -2.39. The van der Waals surface area contributed by atoms with Crippen LogP contribution in [0.15, 0.2) is 18.5 Å². The van der Waals surface area contributed by atoms with Crippen LogP contribution in [0.4, 0.5) is 0 Å². The summed E-state index contributed by atoms with van der Waals surface area (Å²) < 4.78 is 0. The smallest absolute Gasteiger partial charge is 0.252 e. The van der Waals surface area contributed by atoms with Crippen LogP contribution in [0.2, 0.25) is 0 Å². The normalized spacial score (nSPS) is 9.30. The minimum absolute atomic E-state index is 0.0223. The Kier molecular flexibility index (Phi) is 6.79. The number of hydrogen-bond acceptors (Lipinski definition) is 4. The van der Waals surface area contributed by atoms with Crippen molar-refractivity contribution >= 4 is 11.8 Å². The second-order valence-corrected chi connectivity index (χ2v) is 3.94. The summed E-state index contributed by atoms with van der Waals surface area (Å²) in [7, 11) is 0. The first kappa shape index (κ1) is 15.7. The lowest BCUT2D eigenvalue weighted by atomic mass is 10.1. The molecule has 20 heavy (non-hydrogen) atoms. The molecule has 1 aromatic heterocycles. The van der Waals surface area contributed by atoms with Gasteiger partial charge in [-0.25, -0.2) is 0 Å². The lowest BCUT2D eigenvalue weighted by molar-refractivity contribution is -0.118. The molecular formula is C14H17N3O3. The minimum atomic E-state index is -0.272. The van der Waals surface area contributed by atoms with Gasteiger partial charge in [-0.3, -0.25) is 14.6 Å². The molecule has 1 rings (SSSR count). The van der Waals surface area contributed by atoms with E-state index in [1.807, 2.05) is 0 Å². The first-order chi connectivity index (χ1) is 9.65. The average Bonchev–Trinajstić information content (AvgIpc) is 2.44. The highest BCUT2D eigenvalue weighted by Crippen LogP contribution is 2.05. The van der Waals surface area contributed by atoms with Crippen molar-refractivity contribution in [3.8, 4) is 11.8 Å². The van der Waals surface area contributed by atoms with Crippen LogP contribution in [0.3, 0.4) is 0 Å². The van der Waals surface area contributed by atoms with Crippen LogP contribution >= 0.6 is 0 Å². The van der Waals surface area contributed by atoms with Gasteiger partial charge in [-0.1, -0.05) is 11.8 Å². The van der Waals surface area contributed by atoms with E-state index in [-0.39, 0.29) is 18.4 Å². The van der Waals surface area contributed by atoms with E-state index >= 15 is 0 Å². The number of nitrogens with zero attached hydrogens (tertiary/aromatic N) is 1. The van der Waals surface area contributed by atoms with Crippen LogP contribution in [-0.2, 0) is 4.79 Å². The molecule has 0 aromatic carbocycles. The lowest BCUT2D eigenvalue weighted by Gasteiger charge is -2.07. The standard InChI is InChI=1S/C14H17N3O3/c1-11(19)16-7-8-17-14(20)13-5-6-15-10-12(13)4-2-3-9-18/h5-6,10,18H,3,7-9H2,1H3,(H,16,19)(H,17,20). The highest BCUT2D eigenvalue weighted by Gasteiger charge is 2.09. The summed E-state index contributed by atoms with van der Waals surface area (Å²) in [4.78, 5) is 26.6. The van der Waals surface area contributed by atoms with Crippen molar-refractivity contribution in [2.75, 3.05) is 19.7 Å². The van der Waals surface area contributed by atoms with E-state index in [0.717, 1.165) is 0 Å². The number of carbonyl (C=O) groups is 2. The van der Waals surface area contributed by atoms with Crippen LogP contribution in [0, 0.1) is 11.8 Å². The van der Waals surface area contributed by atoms with Crippen molar-refractivity contribution in [2.45, 2.75) is 13.3 Å². The Labute approximate surface area is 117 Å². The van der Waals surface area contributed by atoms with Crippen molar-refractivity contribution in [1.82, 2.24) is 15.6 Å². The van der Waals surface area contributed by atoms with Crippen LogP contribution in [0.5, 0.6) is 0 Å². The molecule has 0 aliphatic carbocycles. The van der Waals surface area contributed by atoms with E-state index in [4.69, 9.17) is 5.11 Å². The molecule has 6 heteroatoms. The van der Waals surface area contributed by atoms with Crippen LogP contribution in [0.1, 0.15) is 29.3 Å². The first-order valence-electron chi connectivity index (χ1n) is 6.21. The summed E-state index contributed by atoms with van der Waals surface area (Å²) in [6.07, 6.45) is 3.37. The van der Waals surface area contributed by atoms with E-state index in [1.54, 1.807) is 6.07 Å². The monoisotopic (exact) mass is 275 g/mol. The van der Waals surface area contributed by atoms with Crippen molar-refractivity contribution in [3.63, 3.8) is 0 Å². The predicted octanol–water partition coefficient (Wildman–Crippen LogP) is -0.319. The lowest BCUT2D eigenvalue weighted by Crippen LogP contribution is -2.33. The van der Waals surface area contributed by atoms with Gasteiger partial charge >= 0.3 is 0 Å². The van der Waals surface area contributed by atoms with Gasteiger partial charge in [-0.05, 0) is 6.07 Å². The second-order valence-electron chi connectivity index (χ2n) is 3.94. The minimum Gasteiger partial charge on any atom is -0.395 e. The molecule has 0 bridgehead atoms. The molecular weight excluding hydrogens is 258 g/mol. The number of hydrogen-bond donors (Lipinski definition) is 3. The molecule has 0 spiro atoms. The Balaban J connectivity index is 2.64. The topological polar surface area (TPSA) is 91.3 Å². The highest BCUT2D eigenvalue weighted by atomic mass is 16.2. The number of pyridine rings is 1. The zero-order chi connectivity index (χ0) is 14.8. The maximum Gasteiger partial charge on any atom is 0.252 e. The third-order valence-electron chi connectivity index (χ3n) is 2.31. The number of carbonyl (C=O) groups excluding carboxylic acids is 2. The molecule has 0 saturated carbocycles. The van der Waals surface area contributed by atoms with E-state index < -0.39 is 0 Å². The largest absolute Gasteiger partial charge is 0.395 e. The van der Waals surface area contributed by atoms with Crippen LogP contribution < -0.4 is 10.6 Å². The molecule has 6 nitrogen and oxygen atoms in total. The van der Waals surface area contributed by atoms with Gasteiger partial charge in [0.25, 0.3) is 5.91 Å². The number of rotatable bonds is 5. The summed E-state index contributed by atoms with van der Waals surface area (Å²) >= 11 is 0. The van der Waals surface area contributed by atoms with Gasteiger partial charge in [0.2, 0.25) is 5.91 Å². The third-order valence-corrected chi connectivity index (χ3v) is 2.31. The Bertz CT molecular complexity index is 532. The third kappa shape index (κ3) is 5.50. The molecule has 106 valence electrons. The molecule has 2 amide bonds. The number of nitrogens with one attached hydrogen (secondary N) is 2. The van der Waals surface area contributed by atoms with E-state index in [0.29, 0.717) is 30.6 Å². The first-order valence-corrected chi connectivity index (χ1v) is 6.21. The molecule has 1 aromatic rings. The fraction of sp³-hybridized carbons (Fsp3) is 0.357. The molecule has 0 fully saturated rings. The van der Waals surface area contributed by atoms with Gasteiger partial charge in [-0.15, -0.1) is 0 Å². The van der Waals surface area contributed by atoms with Crippen molar-refractivity contribution < 1.29 is 14.7 Å². The molecule has 0 unspecified atom stereocenters. The fourth-order valence-corrected chi connectivity index (χ4v) is 1.42. The van der Waals surface area contributed by atoms with Gasteiger partial charge in [0.05, 0.1) is 17.7 Å². The summed E-state index contributed by atoms with van der Waals surface area (Å²) in [5, 5.41) is 14.0. The van der Waals surface area contributed by atoms with E-state index in [2.05, 4.69) is 27.5 Å². The molecule has 3 N–H and O–H groups in total. The average molecular weight is 275 g/mol. The molecule has 0 aliphatic rings. The van der Waals surface area contributed by atoms with E-state index in [9.17, 15) is 9.59 Å². The Morgan fingerprint density at radius 1 is 1.35 bits per heavy atom. The van der Waals surface area contributed by atoms with Crippen LogP contribution in [-0.4, -0.2) is 41.6 Å². The fourth-order valence-electron chi connectivity index (χ4n) is 1.42. The van der Waals surface area contributed by atoms with Crippen molar-refractivity contribution in [2.24, 2.45) is 0 Å². The maximum absolute atomic E-state index is 12.0. The number of amides is 2. The molecule has 0 radical (unpaired) electrons. The van der Waals surface area contributed by atoms with Gasteiger partial charge in [-0.2, -0.15) is 0 Å². The molecule has 1 heterocycles. The highest BCUT2D eigenvalue weighted by molar-refractivity contribution is 5.96. The van der Waals surface area contributed by atoms with Gasteiger partial charge in [0.1, 0.15) is 0 Å².